The predicted molar refractivity (Wildman–Crippen MR) is 160 cm³/mol. The van der Waals surface area contributed by atoms with Crippen LogP contribution in [-0.4, -0.2) is 35.9 Å². The Balaban J connectivity index is 1.52. The number of anilines is 1. The molecule has 1 saturated heterocycles. The number of aryl methyl sites for hydroxylation is 1. The molecule has 43 heavy (non-hydrogen) atoms. The molecule has 218 valence electrons. The lowest BCUT2D eigenvalue weighted by Crippen LogP contribution is -2.53. The highest BCUT2D eigenvalue weighted by Gasteiger charge is 2.69. The van der Waals surface area contributed by atoms with Gasteiger partial charge in [0.1, 0.15) is 5.75 Å². The van der Waals surface area contributed by atoms with E-state index in [0.717, 1.165) is 15.1 Å². The van der Waals surface area contributed by atoms with Crippen LogP contribution in [0.5, 0.6) is 5.75 Å². The molecule has 10 nitrogen and oxygen atoms in total. The zero-order valence-electron chi connectivity index (χ0n) is 23.4. The highest BCUT2D eigenvalue weighted by Crippen LogP contribution is 2.62. The number of benzene rings is 3. The van der Waals surface area contributed by atoms with Crippen molar-refractivity contribution >= 4 is 29.1 Å². The molecule has 11 heteroatoms. The molecule has 2 aliphatic heterocycles. The number of imide groups is 1. The van der Waals surface area contributed by atoms with Crippen LogP contribution < -0.4 is 16.8 Å². The van der Waals surface area contributed by atoms with Gasteiger partial charge in [0.15, 0.2) is 0 Å². The van der Waals surface area contributed by atoms with Gasteiger partial charge in [-0.25, -0.2) is 23.5 Å². The van der Waals surface area contributed by atoms with Gasteiger partial charge < -0.3 is 5.11 Å². The molecular weight excluding hydrogens is 570 g/mol. The Labute approximate surface area is 251 Å². The van der Waals surface area contributed by atoms with Crippen LogP contribution in [0.25, 0.3) is 0 Å². The number of amides is 2. The van der Waals surface area contributed by atoms with E-state index in [1.807, 2.05) is 55.5 Å². The van der Waals surface area contributed by atoms with Gasteiger partial charge in [-0.3, -0.25) is 15.0 Å². The number of hydrogen-bond donors (Lipinski definition) is 2. The summed E-state index contributed by atoms with van der Waals surface area (Å²) in [7, 11) is 1.41. The second kappa shape index (κ2) is 9.60. The van der Waals surface area contributed by atoms with Crippen molar-refractivity contribution in [1.29, 1.82) is 0 Å². The third kappa shape index (κ3) is 3.72. The van der Waals surface area contributed by atoms with E-state index in [9.17, 15) is 24.3 Å². The van der Waals surface area contributed by atoms with Crippen molar-refractivity contribution in [3.8, 4) is 5.75 Å². The topological polar surface area (TPSA) is 119 Å². The summed E-state index contributed by atoms with van der Waals surface area (Å²) in [5.74, 6) is -2.90. The Kier molecular flexibility index (Phi) is 6.04. The Morgan fingerprint density at radius 3 is 2.40 bits per heavy atom. The Morgan fingerprint density at radius 1 is 0.953 bits per heavy atom. The summed E-state index contributed by atoms with van der Waals surface area (Å²) in [6.45, 7) is 2.03. The minimum absolute atomic E-state index is 0.0819. The maximum Gasteiger partial charge on any atom is 0.347 e. The molecule has 7 rings (SSSR count). The molecule has 0 bridgehead atoms. The SMILES string of the molecule is Cc1ccc(NN2C(=O)C3CC4C(=CCn5c(=O)n(C)c(=O)n54)C(c4cc(Cl)ccc4O)C3(c3ccccc3)C2=O)cc1. The monoisotopic (exact) mass is 597 g/mol. The normalized spacial score (nSPS) is 24.3. The summed E-state index contributed by atoms with van der Waals surface area (Å²) < 4.78 is 3.77. The van der Waals surface area contributed by atoms with E-state index in [1.165, 1.54) is 22.5 Å². The first-order valence-corrected chi connectivity index (χ1v) is 14.4. The first-order valence-electron chi connectivity index (χ1n) is 14.0. The average molecular weight is 598 g/mol. The number of hydrazine groups is 1. The van der Waals surface area contributed by atoms with Crippen LogP contribution in [0.2, 0.25) is 5.02 Å². The summed E-state index contributed by atoms with van der Waals surface area (Å²) in [5, 5.41) is 12.7. The minimum atomic E-state index is -1.50. The van der Waals surface area contributed by atoms with Gasteiger partial charge in [-0.05, 0) is 54.8 Å². The number of carbonyl (C=O) groups excluding carboxylic acids is 2. The van der Waals surface area contributed by atoms with Gasteiger partial charge >= 0.3 is 11.4 Å². The Hall–Kier alpha value is -4.83. The summed E-state index contributed by atoms with van der Waals surface area (Å²) in [5.41, 5.74) is 3.73. The van der Waals surface area contributed by atoms with Crippen molar-refractivity contribution < 1.29 is 14.7 Å². The molecule has 2 N–H and O–H groups in total. The largest absolute Gasteiger partial charge is 0.508 e. The third-order valence-corrected chi connectivity index (χ3v) is 9.38. The van der Waals surface area contributed by atoms with Crippen LogP contribution >= 0.6 is 11.6 Å². The lowest BCUT2D eigenvalue weighted by atomic mass is 9.53. The quantitative estimate of drug-likeness (QED) is 0.274. The number of rotatable bonds is 4. The molecule has 1 aliphatic carbocycles. The number of phenolic OH excluding ortho intramolecular Hbond substituents is 1. The molecule has 4 atom stereocenters. The van der Waals surface area contributed by atoms with Crippen molar-refractivity contribution in [3.63, 3.8) is 0 Å². The highest BCUT2D eigenvalue weighted by atomic mass is 35.5. The number of nitrogens with zero attached hydrogens (tertiary/aromatic N) is 4. The number of aromatic hydroxyl groups is 1. The number of phenols is 1. The smallest absolute Gasteiger partial charge is 0.347 e. The molecule has 3 heterocycles. The molecular formula is C32H28ClN5O5. The van der Waals surface area contributed by atoms with E-state index in [0.29, 0.717) is 27.4 Å². The second-order valence-electron chi connectivity index (χ2n) is 11.4. The van der Waals surface area contributed by atoms with Crippen molar-refractivity contribution in [2.45, 2.75) is 37.3 Å². The molecule has 2 amide bonds. The predicted octanol–water partition coefficient (Wildman–Crippen LogP) is 3.63. The third-order valence-electron chi connectivity index (χ3n) is 9.15. The van der Waals surface area contributed by atoms with Crippen LogP contribution in [0.15, 0.2) is 94.0 Å². The number of aromatic nitrogens is 3. The van der Waals surface area contributed by atoms with E-state index < -0.39 is 46.5 Å². The molecule has 3 aromatic carbocycles. The standard InChI is InChI=1S/C32H28ClN5O5/c1-18-8-11-21(12-9-18)34-37-28(40)24-17-25-22(14-15-36-30(42)35(2)31(43)38(25)36)27(23-16-20(33)10-13-26(23)39)32(24,29(37)41)19-6-4-3-5-7-19/h3-14,16,24-25,27,34,39H,15,17H2,1-2H3. The van der Waals surface area contributed by atoms with Crippen molar-refractivity contribution in [1.82, 2.24) is 18.9 Å². The Morgan fingerprint density at radius 2 is 1.67 bits per heavy atom. The maximum absolute atomic E-state index is 14.9. The van der Waals surface area contributed by atoms with E-state index in [-0.39, 0.29) is 18.7 Å². The zero-order chi connectivity index (χ0) is 30.2. The van der Waals surface area contributed by atoms with Gasteiger partial charge in [0.2, 0.25) is 0 Å². The molecule has 4 unspecified atom stereocenters. The van der Waals surface area contributed by atoms with Gasteiger partial charge in [-0.2, -0.15) is 5.01 Å². The Bertz CT molecular complexity index is 1960. The van der Waals surface area contributed by atoms with Gasteiger partial charge in [-0.1, -0.05) is 65.7 Å². The van der Waals surface area contributed by atoms with Gasteiger partial charge in [0.25, 0.3) is 11.8 Å². The summed E-state index contributed by atoms with van der Waals surface area (Å²) in [6.07, 6.45) is 1.92. The van der Waals surface area contributed by atoms with Gasteiger partial charge in [0, 0.05) is 23.6 Å². The van der Waals surface area contributed by atoms with Crippen LogP contribution in [0, 0.1) is 12.8 Å². The van der Waals surface area contributed by atoms with Crippen molar-refractivity contribution in [2.24, 2.45) is 13.0 Å². The molecule has 1 saturated carbocycles. The fraction of sp³-hybridized carbons (Fsp3) is 0.250. The maximum atomic E-state index is 14.9. The summed E-state index contributed by atoms with van der Waals surface area (Å²) in [6, 6.07) is 20.3. The van der Waals surface area contributed by atoms with E-state index >= 15 is 0 Å². The first-order chi connectivity index (χ1) is 20.6. The zero-order valence-corrected chi connectivity index (χ0v) is 24.2. The van der Waals surface area contributed by atoms with E-state index in [4.69, 9.17) is 11.6 Å². The summed E-state index contributed by atoms with van der Waals surface area (Å²) in [4.78, 5) is 55.7. The molecule has 1 aromatic heterocycles. The van der Waals surface area contributed by atoms with E-state index in [2.05, 4.69) is 5.43 Å². The lowest BCUT2D eigenvalue weighted by molar-refractivity contribution is -0.138. The number of allylic oxidation sites excluding steroid dienone is 2. The number of fused-ring (bicyclic) bond motifs is 4. The van der Waals surface area contributed by atoms with E-state index in [1.54, 1.807) is 24.3 Å². The van der Waals surface area contributed by atoms with Crippen molar-refractivity contribution in [2.75, 3.05) is 5.43 Å². The fourth-order valence-electron chi connectivity index (χ4n) is 7.22. The lowest BCUT2D eigenvalue weighted by Gasteiger charge is -2.49. The first kappa shape index (κ1) is 27.0. The number of nitrogens with one attached hydrogen (secondary N) is 1. The van der Waals surface area contributed by atoms with Crippen LogP contribution in [-0.2, 0) is 28.6 Å². The summed E-state index contributed by atoms with van der Waals surface area (Å²) >= 11 is 6.48. The second-order valence-corrected chi connectivity index (χ2v) is 11.8. The molecule has 2 fully saturated rings. The van der Waals surface area contributed by atoms with Gasteiger partial charge in [0.05, 0.1) is 29.6 Å². The molecule has 3 aliphatic rings. The van der Waals surface area contributed by atoms with Crippen LogP contribution in [0.4, 0.5) is 5.69 Å². The fourth-order valence-corrected chi connectivity index (χ4v) is 7.40. The number of hydrogen-bond acceptors (Lipinski definition) is 6. The molecule has 4 aromatic rings. The van der Waals surface area contributed by atoms with Gasteiger partial charge in [-0.15, -0.1) is 0 Å². The minimum Gasteiger partial charge on any atom is -0.508 e. The van der Waals surface area contributed by atoms with Crippen LogP contribution in [0.1, 0.15) is 35.1 Å². The number of carbonyl (C=O) groups is 2. The highest BCUT2D eigenvalue weighted by molar-refractivity contribution is 6.30. The number of halogens is 1. The molecule has 0 radical (unpaired) electrons. The van der Waals surface area contributed by atoms with Crippen molar-refractivity contribution in [3.05, 3.63) is 127 Å². The molecule has 0 spiro atoms. The van der Waals surface area contributed by atoms with Crippen LogP contribution in [0.3, 0.4) is 0 Å². The average Bonchev–Trinajstić information content (AvgIpc) is 3.36.